The highest BCUT2D eigenvalue weighted by Crippen LogP contribution is 2.10. The van der Waals surface area contributed by atoms with Crippen molar-refractivity contribution < 1.29 is 5.11 Å². The lowest BCUT2D eigenvalue weighted by Crippen LogP contribution is -2.06. The summed E-state index contributed by atoms with van der Waals surface area (Å²) in [6.07, 6.45) is 6.19. The Morgan fingerprint density at radius 1 is 1.50 bits per heavy atom. The Morgan fingerprint density at radius 3 is 2.83 bits per heavy atom. The Morgan fingerprint density at radius 2 is 2.25 bits per heavy atom. The lowest BCUT2D eigenvalue weighted by Gasteiger charge is -1.97. The maximum Gasteiger partial charge on any atom is 0.159 e. The number of allylic oxidation sites excluding steroid dienone is 2. The van der Waals surface area contributed by atoms with Gasteiger partial charge in [0.25, 0.3) is 0 Å². The summed E-state index contributed by atoms with van der Waals surface area (Å²) in [4.78, 5) is 3.89. The minimum Gasteiger partial charge on any atom is -0.504 e. The topological polar surface area (TPSA) is 44.6 Å². The van der Waals surface area contributed by atoms with E-state index < -0.39 is 0 Å². The molecular weight excluding hydrogens is 152 g/mol. The van der Waals surface area contributed by atoms with E-state index in [0.29, 0.717) is 5.71 Å². The van der Waals surface area contributed by atoms with Crippen LogP contribution in [0.1, 0.15) is 0 Å². The van der Waals surface area contributed by atoms with Crippen LogP contribution in [0, 0.1) is 0 Å². The summed E-state index contributed by atoms with van der Waals surface area (Å²) in [6, 6.07) is 0. The zero-order valence-electron chi connectivity index (χ0n) is 6.62. The Kier molecular flexibility index (Phi) is 2.48. The standard InChI is InChI=1S/C9H10N2O/c1-3-5-7-9(10-4-2)8(12)6-11-7/h3-6,11-12H,1-2H2/b7-5+,10-9+. The van der Waals surface area contributed by atoms with Crippen molar-refractivity contribution in [3.63, 3.8) is 0 Å². The summed E-state index contributed by atoms with van der Waals surface area (Å²) < 4.78 is 0. The van der Waals surface area contributed by atoms with Crippen LogP contribution in [-0.2, 0) is 0 Å². The zero-order chi connectivity index (χ0) is 8.97. The van der Waals surface area contributed by atoms with E-state index in [0.717, 1.165) is 5.70 Å². The molecule has 0 radical (unpaired) electrons. The highest BCUT2D eigenvalue weighted by atomic mass is 16.3. The first kappa shape index (κ1) is 8.33. The molecule has 0 aromatic heterocycles. The Bertz CT molecular complexity index is 298. The van der Waals surface area contributed by atoms with Gasteiger partial charge in [0.15, 0.2) is 5.76 Å². The molecule has 0 atom stereocenters. The van der Waals surface area contributed by atoms with Crippen molar-refractivity contribution in [1.29, 1.82) is 0 Å². The number of aliphatic hydroxyl groups excluding tert-OH is 1. The molecule has 0 aromatic carbocycles. The molecule has 3 nitrogen and oxygen atoms in total. The molecule has 0 saturated carbocycles. The monoisotopic (exact) mass is 162 g/mol. The largest absolute Gasteiger partial charge is 0.504 e. The van der Waals surface area contributed by atoms with Crippen molar-refractivity contribution >= 4 is 5.71 Å². The molecule has 0 aromatic rings. The van der Waals surface area contributed by atoms with E-state index in [2.05, 4.69) is 23.5 Å². The molecule has 1 aliphatic heterocycles. The third-order valence-electron chi connectivity index (χ3n) is 1.37. The fraction of sp³-hybridized carbons (Fsp3) is 0. The van der Waals surface area contributed by atoms with Gasteiger partial charge in [-0.15, -0.1) is 0 Å². The molecule has 3 heteroatoms. The van der Waals surface area contributed by atoms with Gasteiger partial charge < -0.3 is 10.4 Å². The summed E-state index contributed by atoms with van der Waals surface area (Å²) in [6.45, 7) is 6.99. The predicted octanol–water partition coefficient (Wildman–Crippen LogP) is 1.64. The molecule has 0 bridgehead atoms. The van der Waals surface area contributed by atoms with Gasteiger partial charge in [0.1, 0.15) is 5.71 Å². The van der Waals surface area contributed by atoms with E-state index >= 15 is 0 Å². The van der Waals surface area contributed by atoms with Gasteiger partial charge in [0, 0.05) is 12.4 Å². The molecule has 62 valence electrons. The zero-order valence-corrected chi connectivity index (χ0v) is 6.62. The summed E-state index contributed by atoms with van der Waals surface area (Å²) >= 11 is 0. The lowest BCUT2D eigenvalue weighted by molar-refractivity contribution is 0.444. The van der Waals surface area contributed by atoms with E-state index in [-0.39, 0.29) is 5.76 Å². The van der Waals surface area contributed by atoms with Crippen LogP contribution in [-0.4, -0.2) is 10.8 Å². The van der Waals surface area contributed by atoms with Gasteiger partial charge in [-0.2, -0.15) is 0 Å². The molecule has 0 aliphatic carbocycles. The first-order chi connectivity index (χ1) is 5.79. The van der Waals surface area contributed by atoms with Gasteiger partial charge in [0.05, 0.1) is 5.70 Å². The number of nitrogens with zero attached hydrogens (tertiary/aromatic N) is 1. The molecule has 2 N–H and O–H groups in total. The SMILES string of the molecule is C=C/C=C1/NC=C(O)/C1=N/C=C. The second kappa shape index (κ2) is 3.57. The van der Waals surface area contributed by atoms with Crippen molar-refractivity contribution in [3.8, 4) is 0 Å². The third kappa shape index (κ3) is 1.45. The van der Waals surface area contributed by atoms with Crippen LogP contribution in [0.3, 0.4) is 0 Å². The van der Waals surface area contributed by atoms with Crippen LogP contribution >= 0.6 is 0 Å². The maximum absolute atomic E-state index is 9.26. The normalized spacial score (nSPS) is 22.2. The molecular formula is C9H10N2O. The summed E-state index contributed by atoms with van der Waals surface area (Å²) in [5.41, 5.74) is 1.22. The molecule has 1 rings (SSSR count). The molecule has 1 heterocycles. The van der Waals surface area contributed by atoms with Crippen molar-refractivity contribution in [1.82, 2.24) is 5.32 Å². The minimum atomic E-state index is 0.114. The van der Waals surface area contributed by atoms with Crippen molar-refractivity contribution in [2.45, 2.75) is 0 Å². The average molecular weight is 162 g/mol. The number of nitrogens with one attached hydrogen (secondary N) is 1. The van der Waals surface area contributed by atoms with E-state index in [1.807, 2.05) is 0 Å². The van der Waals surface area contributed by atoms with Crippen molar-refractivity contribution in [2.75, 3.05) is 0 Å². The molecule has 0 amide bonds. The maximum atomic E-state index is 9.26. The van der Waals surface area contributed by atoms with Gasteiger partial charge in [-0.25, -0.2) is 0 Å². The highest BCUT2D eigenvalue weighted by molar-refractivity contribution is 6.12. The van der Waals surface area contributed by atoms with Crippen LogP contribution in [0.5, 0.6) is 0 Å². The van der Waals surface area contributed by atoms with Gasteiger partial charge in [-0.05, 0) is 6.08 Å². The van der Waals surface area contributed by atoms with Crippen LogP contribution in [0.2, 0.25) is 0 Å². The van der Waals surface area contributed by atoms with E-state index in [4.69, 9.17) is 0 Å². The fourth-order valence-electron chi connectivity index (χ4n) is 0.893. The van der Waals surface area contributed by atoms with Crippen LogP contribution < -0.4 is 5.32 Å². The van der Waals surface area contributed by atoms with Crippen LogP contribution in [0.15, 0.2) is 54.2 Å². The van der Waals surface area contributed by atoms with E-state index in [1.54, 1.807) is 12.2 Å². The number of hydrogen-bond acceptors (Lipinski definition) is 3. The highest BCUT2D eigenvalue weighted by Gasteiger charge is 2.15. The summed E-state index contributed by atoms with van der Waals surface area (Å²) in [5.74, 6) is 0.114. The first-order valence-electron chi connectivity index (χ1n) is 3.47. The molecule has 12 heavy (non-hydrogen) atoms. The smallest absolute Gasteiger partial charge is 0.159 e. The second-order valence-electron chi connectivity index (χ2n) is 2.15. The third-order valence-corrected chi connectivity index (χ3v) is 1.37. The molecule has 1 aliphatic rings. The molecule has 0 fully saturated rings. The van der Waals surface area contributed by atoms with Gasteiger partial charge in [-0.3, -0.25) is 4.99 Å². The number of rotatable bonds is 2. The first-order valence-corrected chi connectivity index (χ1v) is 3.47. The summed E-state index contributed by atoms with van der Waals surface area (Å²) in [5, 5.41) is 12.1. The molecule has 0 saturated heterocycles. The Hall–Kier alpha value is -1.77. The lowest BCUT2D eigenvalue weighted by atomic mass is 10.2. The molecule has 0 unspecified atom stereocenters. The quantitative estimate of drug-likeness (QED) is 0.648. The number of hydrogen-bond donors (Lipinski definition) is 2. The van der Waals surface area contributed by atoms with Crippen molar-refractivity contribution in [3.05, 3.63) is 49.2 Å². The van der Waals surface area contributed by atoms with Crippen LogP contribution in [0.4, 0.5) is 0 Å². The van der Waals surface area contributed by atoms with E-state index in [9.17, 15) is 5.11 Å². The predicted molar refractivity (Wildman–Crippen MR) is 49.8 cm³/mol. The minimum absolute atomic E-state index is 0.114. The number of aliphatic imine (C=N–C) groups is 1. The Balaban J connectivity index is 2.99. The van der Waals surface area contributed by atoms with Gasteiger partial charge in [-0.1, -0.05) is 19.2 Å². The number of aliphatic hydroxyl groups is 1. The second-order valence-corrected chi connectivity index (χ2v) is 2.15. The Labute approximate surface area is 71.1 Å². The van der Waals surface area contributed by atoms with Crippen LogP contribution in [0.25, 0.3) is 0 Å². The average Bonchev–Trinajstić information content (AvgIpc) is 2.37. The van der Waals surface area contributed by atoms with Gasteiger partial charge in [0.2, 0.25) is 0 Å². The summed E-state index contributed by atoms with van der Waals surface area (Å²) in [7, 11) is 0. The van der Waals surface area contributed by atoms with Gasteiger partial charge >= 0.3 is 0 Å². The van der Waals surface area contributed by atoms with Crippen molar-refractivity contribution in [2.24, 2.45) is 4.99 Å². The molecule has 0 spiro atoms. The van der Waals surface area contributed by atoms with E-state index in [1.165, 1.54) is 12.4 Å². The fourth-order valence-corrected chi connectivity index (χ4v) is 0.893.